The van der Waals surface area contributed by atoms with Gasteiger partial charge in [0.2, 0.25) is 5.91 Å². The maximum absolute atomic E-state index is 13.0. The van der Waals surface area contributed by atoms with Crippen molar-refractivity contribution in [3.05, 3.63) is 69.4 Å². The average molecular weight is 450 g/mol. The van der Waals surface area contributed by atoms with Crippen molar-refractivity contribution in [3.63, 3.8) is 0 Å². The first-order valence-corrected chi connectivity index (χ1v) is 10.9. The summed E-state index contributed by atoms with van der Waals surface area (Å²) in [5, 5.41) is 13.3. The second-order valence-electron chi connectivity index (χ2n) is 8.39. The van der Waals surface area contributed by atoms with Gasteiger partial charge in [-0.05, 0) is 37.6 Å². The number of para-hydroxylation sites is 1. The molecule has 1 saturated heterocycles. The number of benzene rings is 2. The number of hydrogen-bond acceptors (Lipinski definition) is 6. The van der Waals surface area contributed by atoms with E-state index in [1.165, 1.54) is 6.07 Å². The zero-order valence-electron chi connectivity index (χ0n) is 18.9. The maximum atomic E-state index is 13.0. The molecular weight excluding hydrogens is 422 g/mol. The molecule has 1 aliphatic heterocycles. The maximum Gasteiger partial charge on any atom is 0.337 e. The van der Waals surface area contributed by atoms with Gasteiger partial charge in [0.1, 0.15) is 5.58 Å². The standard InChI is InChI=1S/C25H27N3O5/c1-15-12-19(16(2)26-21-7-5-4-6-18(21)25(31)32)24-20(13-15)22(30)14-23(33-24)28-10-8-27(9-11-28)17(3)29/h4-7,12-14,16,26H,8-11H2,1-3H3,(H,31,32). The number of nitrogens with one attached hydrogen (secondary N) is 1. The summed E-state index contributed by atoms with van der Waals surface area (Å²) in [6, 6.07) is 11.7. The molecule has 2 aromatic carbocycles. The summed E-state index contributed by atoms with van der Waals surface area (Å²) in [4.78, 5) is 40.0. The Labute approximate surface area is 191 Å². The van der Waals surface area contributed by atoms with E-state index in [1.807, 2.05) is 24.8 Å². The molecule has 2 N–H and O–H groups in total. The third-order valence-corrected chi connectivity index (χ3v) is 6.02. The average Bonchev–Trinajstić information content (AvgIpc) is 2.79. The van der Waals surface area contributed by atoms with Gasteiger partial charge < -0.3 is 24.6 Å². The minimum atomic E-state index is -1.02. The van der Waals surface area contributed by atoms with Crippen LogP contribution in [0.2, 0.25) is 0 Å². The topological polar surface area (TPSA) is 103 Å². The third kappa shape index (κ3) is 4.55. The first-order chi connectivity index (χ1) is 15.7. The van der Waals surface area contributed by atoms with Crippen molar-refractivity contribution < 1.29 is 19.1 Å². The van der Waals surface area contributed by atoms with Crippen LogP contribution in [0.5, 0.6) is 0 Å². The number of piperazine rings is 1. The van der Waals surface area contributed by atoms with E-state index in [4.69, 9.17) is 4.42 Å². The Morgan fingerprint density at radius 3 is 2.45 bits per heavy atom. The van der Waals surface area contributed by atoms with Crippen LogP contribution in [0.15, 0.2) is 51.7 Å². The van der Waals surface area contributed by atoms with E-state index >= 15 is 0 Å². The highest BCUT2D eigenvalue weighted by atomic mass is 16.4. The summed E-state index contributed by atoms with van der Waals surface area (Å²) in [6.07, 6.45) is 0. The SMILES string of the molecule is CC(=O)N1CCN(c2cc(=O)c3cc(C)cc(C(C)Nc4ccccc4C(=O)O)c3o2)CC1. The smallest absolute Gasteiger partial charge is 0.337 e. The normalized spacial score (nSPS) is 14.9. The molecule has 0 saturated carbocycles. The number of rotatable bonds is 5. The lowest BCUT2D eigenvalue weighted by Crippen LogP contribution is -2.48. The molecular formula is C25H27N3O5. The van der Waals surface area contributed by atoms with Crippen molar-refractivity contribution in [3.8, 4) is 0 Å². The summed E-state index contributed by atoms with van der Waals surface area (Å²) < 4.78 is 6.27. The van der Waals surface area contributed by atoms with Gasteiger partial charge in [0.05, 0.1) is 17.0 Å². The van der Waals surface area contributed by atoms with Crippen LogP contribution in [-0.4, -0.2) is 48.1 Å². The quantitative estimate of drug-likeness (QED) is 0.613. The number of carboxylic acid groups (broad SMARTS) is 1. The molecule has 0 bridgehead atoms. The van der Waals surface area contributed by atoms with Gasteiger partial charge in [-0.3, -0.25) is 9.59 Å². The second-order valence-corrected chi connectivity index (χ2v) is 8.39. The Hall–Kier alpha value is -3.81. The fraction of sp³-hybridized carbons (Fsp3) is 0.320. The van der Waals surface area contributed by atoms with Gasteiger partial charge in [-0.15, -0.1) is 0 Å². The van der Waals surface area contributed by atoms with Gasteiger partial charge in [0.25, 0.3) is 0 Å². The number of anilines is 2. The lowest BCUT2D eigenvalue weighted by molar-refractivity contribution is -0.129. The molecule has 33 heavy (non-hydrogen) atoms. The number of fused-ring (bicyclic) bond motifs is 1. The Kier molecular flexibility index (Phi) is 6.09. The molecule has 1 aliphatic rings. The molecule has 4 rings (SSSR count). The number of amides is 1. The summed E-state index contributed by atoms with van der Waals surface area (Å²) >= 11 is 0. The minimum Gasteiger partial charge on any atom is -0.478 e. The molecule has 1 aromatic heterocycles. The van der Waals surface area contributed by atoms with Crippen molar-refractivity contribution in [2.24, 2.45) is 0 Å². The Bertz CT molecular complexity index is 1270. The van der Waals surface area contributed by atoms with Crippen LogP contribution in [0.25, 0.3) is 11.0 Å². The molecule has 1 fully saturated rings. The van der Waals surface area contributed by atoms with Gasteiger partial charge in [-0.2, -0.15) is 0 Å². The summed E-state index contributed by atoms with van der Waals surface area (Å²) in [5.74, 6) is -0.509. The van der Waals surface area contributed by atoms with Crippen molar-refractivity contribution in [1.29, 1.82) is 0 Å². The molecule has 1 amide bonds. The molecule has 0 spiro atoms. The molecule has 8 nitrogen and oxygen atoms in total. The summed E-state index contributed by atoms with van der Waals surface area (Å²) in [6.45, 7) is 7.67. The predicted molar refractivity (Wildman–Crippen MR) is 127 cm³/mol. The van der Waals surface area contributed by atoms with Crippen molar-refractivity contribution in [1.82, 2.24) is 4.90 Å². The van der Waals surface area contributed by atoms with Crippen LogP contribution >= 0.6 is 0 Å². The van der Waals surface area contributed by atoms with Crippen molar-refractivity contribution in [2.45, 2.75) is 26.8 Å². The van der Waals surface area contributed by atoms with E-state index in [1.54, 1.807) is 42.2 Å². The second kappa shape index (κ2) is 8.97. The number of carbonyl (C=O) groups is 2. The van der Waals surface area contributed by atoms with Crippen molar-refractivity contribution >= 4 is 34.4 Å². The Morgan fingerprint density at radius 1 is 1.09 bits per heavy atom. The van der Waals surface area contributed by atoms with E-state index in [0.717, 1.165) is 11.1 Å². The number of carbonyl (C=O) groups excluding carboxylic acids is 1. The van der Waals surface area contributed by atoms with Gasteiger partial charge >= 0.3 is 5.97 Å². The fourth-order valence-electron chi connectivity index (χ4n) is 4.25. The van der Waals surface area contributed by atoms with Gasteiger partial charge in [0.15, 0.2) is 11.3 Å². The van der Waals surface area contributed by atoms with Gasteiger partial charge in [-0.25, -0.2) is 4.79 Å². The van der Waals surface area contributed by atoms with Crippen molar-refractivity contribution in [2.75, 3.05) is 36.4 Å². The number of aromatic carboxylic acids is 1. The summed E-state index contributed by atoms with van der Waals surface area (Å²) in [7, 11) is 0. The largest absolute Gasteiger partial charge is 0.478 e. The van der Waals surface area contributed by atoms with Crippen LogP contribution < -0.4 is 15.6 Å². The van der Waals surface area contributed by atoms with Crippen LogP contribution in [0.1, 0.15) is 41.4 Å². The molecule has 1 atom stereocenters. The number of carboxylic acids is 1. The highest BCUT2D eigenvalue weighted by Crippen LogP contribution is 2.31. The summed E-state index contributed by atoms with van der Waals surface area (Å²) in [5.41, 5.74) is 2.69. The van der Waals surface area contributed by atoms with Crippen LogP contribution in [0.4, 0.5) is 11.6 Å². The number of hydrogen-bond donors (Lipinski definition) is 2. The Morgan fingerprint density at radius 2 is 1.79 bits per heavy atom. The first kappa shape index (κ1) is 22.4. The van der Waals surface area contributed by atoms with Crippen LogP contribution in [0, 0.1) is 6.92 Å². The molecule has 1 unspecified atom stereocenters. The lowest BCUT2D eigenvalue weighted by atomic mass is 10.0. The predicted octanol–water partition coefficient (Wildman–Crippen LogP) is 3.64. The first-order valence-electron chi connectivity index (χ1n) is 10.9. The number of nitrogens with zero attached hydrogens (tertiary/aromatic N) is 2. The van der Waals surface area contributed by atoms with Crippen LogP contribution in [-0.2, 0) is 4.79 Å². The van der Waals surface area contributed by atoms with Gasteiger partial charge in [-0.1, -0.05) is 18.2 Å². The fourth-order valence-corrected chi connectivity index (χ4v) is 4.25. The van der Waals surface area contributed by atoms with E-state index in [9.17, 15) is 19.5 Å². The molecule has 172 valence electrons. The molecule has 3 aromatic rings. The monoisotopic (exact) mass is 449 g/mol. The highest BCUT2D eigenvalue weighted by Gasteiger charge is 2.23. The number of aryl methyl sites for hydroxylation is 1. The molecule has 0 radical (unpaired) electrons. The van der Waals surface area contributed by atoms with E-state index < -0.39 is 5.97 Å². The van der Waals surface area contributed by atoms with E-state index in [0.29, 0.717) is 48.7 Å². The zero-order chi connectivity index (χ0) is 23.7. The van der Waals surface area contributed by atoms with E-state index in [2.05, 4.69) is 5.32 Å². The van der Waals surface area contributed by atoms with Gasteiger partial charge in [0, 0.05) is 50.4 Å². The zero-order valence-corrected chi connectivity index (χ0v) is 18.9. The highest BCUT2D eigenvalue weighted by molar-refractivity contribution is 5.94. The lowest BCUT2D eigenvalue weighted by Gasteiger charge is -2.34. The van der Waals surface area contributed by atoms with Crippen LogP contribution in [0.3, 0.4) is 0 Å². The third-order valence-electron chi connectivity index (χ3n) is 6.02. The van der Waals surface area contributed by atoms with E-state index in [-0.39, 0.29) is 22.9 Å². The Balaban J connectivity index is 1.72. The molecule has 0 aliphatic carbocycles. The molecule has 8 heteroatoms. The minimum absolute atomic E-state index is 0.0360. The molecule has 2 heterocycles.